The summed E-state index contributed by atoms with van der Waals surface area (Å²) in [6, 6.07) is 7.26. The molecule has 0 aliphatic rings. The fourth-order valence-electron chi connectivity index (χ4n) is 1.95. The molecule has 1 rings (SSSR count). The van der Waals surface area contributed by atoms with E-state index in [2.05, 4.69) is 4.74 Å². The van der Waals surface area contributed by atoms with Crippen LogP contribution in [-0.4, -0.2) is 57.7 Å². The standard InChI is InChI=1S/C19H28O7/c1-19(2,3)26-18(21)14-24-9-8-23-10-11-25-16-7-5-6-15(12-16)13-17(20)22-4/h5-7,12H,8-11,13-14H2,1-4H3. The van der Waals surface area contributed by atoms with Crippen LogP contribution in [-0.2, 0) is 35.0 Å². The van der Waals surface area contributed by atoms with Gasteiger partial charge in [0.25, 0.3) is 0 Å². The molecule has 0 saturated carbocycles. The third-order valence-corrected chi connectivity index (χ3v) is 2.98. The molecule has 0 amide bonds. The molecule has 0 radical (unpaired) electrons. The van der Waals surface area contributed by atoms with Crippen molar-refractivity contribution in [2.24, 2.45) is 0 Å². The summed E-state index contributed by atoms with van der Waals surface area (Å²) < 4.78 is 25.9. The molecule has 0 aliphatic carbocycles. The molecule has 0 atom stereocenters. The summed E-state index contributed by atoms with van der Waals surface area (Å²) >= 11 is 0. The lowest BCUT2D eigenvalue weighted by Crippen LogP contribution is -2.27. The van der Waals surface area contributed by atoms with Crippen LogP contribution in [0.5, 0.6) is 5.75 Å². The Labute approximate surface area is 154 Å². The lowest BCUT2D eigenvalue weighted by atomic mass is 10.1. The molecule has 1 aromatic carbocycles. The molecule has 0 unspecified atom stereocenters. The highest BCUT2D eigenvalue weighted by Crippen LogP contribution is 2.14. The topological polar surface area (TPSA) is 80.3 Å². The van der Waals surface area contributed by atoms with Gasteiger partial charge in [0.1, 0.15) is 24.6 Å². The molecule has 0 spiro atoms. The summed E-state index contributed by atoms with van der Waals surface area (Å²) in [5, 5.41) is 0. The zero-order chi connectivity index (χ0) is 19.4. The number of carbonyl (C=O) groups excluding carboxylic acids is 2. The molecule has 0 fully saturated rings. The molecule has 26 heavy (non-hydrogen) atoms. The third-order valence-electron chi connectivity index (χ3n) is 2.98. The predicted octanol–water partition coefficient (Wildman–Crippen LogP) is 2.16. The van der Waals surface area contributed by atoms with Crippen molar-refractivity contribution in [1.29, 1.82) is 0 Å². The first-order valence-electron chi connectivity index (χ1n) is 8.46. The average Bonchev–Trinajstić information content (AvgIpc) is 2.56. The van der Waals surface area contributed by atoms with Gasteiger partial charge in [0.05, 0.1) is 33.4 Å². The maximum Gasteiger partial charge on any atom is 0.332 e. The van der Waals surface area contributed by atoms with Crippen LogP contribution in [0, 0.1) is 0 Å². The number of carbonyl (C=O) groups is 2. The maximum absolute atomic E-state index is 11.4. The van der Waals surface area contributed by atoms with E-state index in [0.717, 1.165) is 5.56 Å². The van der Waals surface area contributed by atoms with Crippen LogP contribution in [0.4, 0.5) is 0 Å². The van der Waals surface area contributed by atoms with Crippen molar-refractivity contribution in [2.75, 3.05) is 40.1 Å². The van der Waals surface area contributed by atoms with Crippen molar-refractivity contribution in [1.82, 2.24) is 0 Å². The highest BCUT2D eigenvalue weighted by molar-refractivity contribution is 5.72. The van der Waals surface area contributed by atoms with E-state index in [1.54, 1.807) is 26.8 Å². The van der Waals surface area contributed by atoms with E-state index in [4.69, 9.17) is 18.9 Å². The molecule has 7 heteroatoms. The van der Waals surface area contributed by atoms with Gasteiger partial charge in [-0.15, -0.1) is 0 Å². The minimum Gasteiger partial charge on any atom is -0.491 e. The number of benzene rings is 1. The second-order valence-electron chi connectivity index (χ2n) is 6.50. The van der Waals surface area contributed by atoms with E-state index in [-0.39, 0.29) is 19.0 Å². The minimum absolute atomic E-state index is 0.0931. The highest BCUT2D eigenvalue weighted by atomic mass is 16.6. The summed E-state index contributed by atoms with van der Waals surface area (Å²) in [5.41, 5.74) is 0.313. The number of hydrogen-bond donors (Lipinski definition) is 0. The molecule has 0 heterocycles. The zero-order valence-electron chi connectivity index (χ0n) is 15.9. The maximum atomic E-state index is 11.4. The Morgan fingerprint density at radius 1 is 0.962 bits per heavy atom. The highest BCUT2D eigenvalue weighted by Gasteiger charge is 2.15. The Morgan fingerprint density at radius 3 is 2.35 bits per heavy atom. The SMILES string of the molecule is COC(=O)Cc1cccc(OCCOCCOCC(=O)OC(C)(C)C)c1. The first-order valence-corrected chi connectivity index (χ1v) is 8.46. The van der Waals surface area contributed by atoms with Crippen molar-refractivity contribution < 1.29 is 33.3 Å². The molecular weight excluding hydrogens is 340 g/mol. The van der Waals surface area contributed by atoms with Crippen LogP contribution in [0.2, 0.25) is 0 Å². The second kappa shape index (κ2) is 11.5. The van der Waals surface area contributed by atoms with Crippen molar-refractivity contribution in [2.45, 2.75) is 32.8 Å². The van der Waals surface area contributed by atoms with Crippen LogP contribution in [0.25, 0.3) is 0 Å². The van der Waals surface area contributed by atoms with Crippen molar-refractivity contribution in [3.05, 3.63) is 29.8 Å². The molecule has 1 aromatic rings. The normalized spacial score (nSPS) is 11.1. The van der Waals surface area contributed by atoms with Crippen LogP contribution in [0.1, 0.15) is 26.3 Å². The van der Waals surface area contributed by atoms with E-state index in [1.807, 2.05) is 18.2 Å². The number of hydrogen-bond acceptors (Lipinski definition) is 7. The summed E-state index contributed by atoms with van der Waals surface area (Å²) in [6.45, 7) is 6.73. The largest absolute Gasteiger partial charge is 0.491 e. The molecule has 0 N–H and O–H groups in total. The van der Waals surface area contributed by atoms with Crippen LogP contribution < -0.4 is 4.74 Å². The fourth-order valence-corrected chi connectivity index (χ4v) is 1.95. The van der Waals surface area contributed by atoms with Gasteiger partial charge in [-0.3, -0.25) is 4.79 Å². The van der Waals surface area contributed by atoms with Crippen LogP contribution in [0.15, 0.2) is 24.3 Å². The van der Waals surface area contributed by atoms with Gasteiger partial charge < -0.3 is 23.7 Å². The Balaban J connectivity index is 2.10. The summed E-state index contributed by atoms with van der Waals surface area (Å²) in [6.07, 6.45) is 0.208. The van der Waals surface area contributed by atoms with Gasteiger partial charge in [0.15, 0.2) is 0 Å². The van der Waals surface area contributed by atoms with Gasteiger partial charge >= 0.3 is 11.9 Å². The Morgan fingerprint density at radius 2 is 1.65 bits per heavy atom. The van der Waals surface area contributed by atoms with Crippen LogP contribution in [0.3, 0.4) is 0 Å². The summed E-state index contributed by atoms with van der Waals surface area (Å²) in [4.78, 5) is 22.7. The van der Waals surface area contributed by atoms with E-state index in [1.165, 1.54) is 7.11 Å². The van der Waals surface area contributed by atoms with E-state index in [0.29, 0.717) is 32.2 Å². The smallest absolute Gasteiger partial charge is 0.332 e. The number of esters is 2. The minimum atomic E-state index is -0.511. The monoisotopic (exact) mass is 368 g/mol. The molecule has 7 nitrogen and oxygen atoms in total. The molecule has 0 bridgehead atoms. The van der Waals surface area contributed by atoms with Gasteiger partial charge in [-0.05, 0) is 38.5 Å². The number of ether oxygens (including phenoxy) is 5. The number of methoxy groups -OCH3 is 1. The quantitative estimate of drug-likeness (QED) is 0.437. The molecule has 0 saturated heterocycles. The van der Waals surface area contributed by atoms with Gasteiger partial charge in [-0.2, -0.15) is 0 Å². The Bertz CT molecular complexity index is 563. The summed E-state index contributed by atoms with van der Waals surface area (Å²) in [5.74, 6) is -0.0271. The lowest BCUT2D eigenvalue weighted by Gasteiger charge is -2.19. The van der Waals surface area contributed by atoms with Crippen molar-refractivity contribution in [3.63, 3.8) is 0 Å². The Hall–Kier alpha value is -2.12. The fraction of sp³-hybridized carbons (Fsp3) is 0.579. The van der Waals surface area contributed by atoms with Gasteiger partial charge in [-0.25, -0.2) is 4.79 Å². The first-order chi connectivity index (χ1) is 12.3. The molecule has 0 aromatic heterocycles. The molecule has 0 aliphatic heterocycles. The summed E-state index contributed by atoms with van der Waals surface area (Å²) in [7, 11) is 1.36. The van der Waals surface area contributed by atoms with Crippen LogP contribution >= 0.6 is 0 Å². The van der Waals surface area contributed by atoms with Gasteiger partial charge in [0.2, 0.25) is 0 Å². The van der Waals surface area contributed by atoms with E-state index < -0.39 is 11.6 Å². The molecular formula is C19H28O7. The van der Waals surface area contributed by atoms with Gasteiger partial charge in [-0.1, -0.05) is 12.1 Å². The number of rotatable bonds is 11. The van der Waals surface area contributed by atoms with Gasteiger partial charge in [0, 0.05) is 0 Å². The lowest BCUT2D eigenvalue weighted by molar-refractivity contribution is -0.160. The zero-order valence-corrected chi connectivity index (χ0v) is 15.9. The predicted molar refractivity (Wildman–Crippen MR) is 95.1 cm³/mol. The van der Waals surface area contributed by atoms with Crippen molar-refractivity contribution >= 4 is 11.9 Å². The Kier molecular flexibility index (Phi) is 9.69. The third kappa shape index (κ3) is 10.7. The second-order valence-corrected chi connectivity index (χ2v) is 6.50. The molecule has 146 valence electrons. The van der Waals surface area contributed by atoms with E-state index in [9.17, 15) is 9.59 Å². The van der Waals surface area contributed by atoms with E-state index >= 15 is 0 Å². The average molecular weight is 368 g/mol. The van der Waals surface area contributed by atoms with Crippen molar-refractivity contribution in [3.8, 4) is 5.75 Å². The first kappa shape index (κ1) is 21.9.